The summed E-state index contributed by atoms with van der Waals surface area (Å²) < 4.78 is 25.2. The molecule has 1 aromatic rings. The minimum atomic E-state index is -2.74. The summed E-state index contributed by atoms with van der Waals surface area (Å²) in [5, 5.41) is 0. The third-order valence-electron chi connectivity index (χ3n) is 2.37. The number of hydrogen-bond acceptors (Lipinski definition) is 2. The number of hydrogen-bond donors (Lipinski definition) is 0. The maximum atomic E-state index is 12.6. The highest BCUT2D eigenvalue weighted by Crippen LogP contribution is 2.27. The van der Waals surface area contributed by atoms with Crippen LogP contribution in [0, 0.1) is 0 Å². The molecule has 0 N–H and O–H groups in total. The van der Waals surface area contributed by atoms with Gasteiger partial charge < -0.3 is 4.90 Å². The lowest BCUT2D eigenvalue weighted by molar-refractivity contribution is -0.113. The molecule has 1 fully saturated rings. The van der Waals surface area contributed by atoms with Crippen molar-refractivity contribution in [2.24, 2.45) is 0 Å². The molecule has 2 heterocycles. The van der Waals surface area contributed by atoms with Crippen LogP contribution in [0.1, 0.15) is 15.9 Å². The Morgan fingerprint density at radius 3 is 2.75 bits per heavy atom. The van der Waals surface area contributed by atoms with Gasteiger partial charge >= 0.3 is 0 Å². The van der Waals surface area contributed by atoms with Gasteiger partial charge in [0.15, 0.2) is 0 Å². The fourth-order valence-corrected chi connectivity index (χ4v) is 1.52. The largest absolute Gasteiger partial charge is 0.326 e. The molecule has 1 aromatic heterocycles. The van der Waals surface area contributed by atoms with Crippen LogP contribution in [0.3, 0.4) is 0 Å². The molecule has 2 rings (SSSR count). The molecule has 0 radical (unpaired) electrons. The van der Waals surface area contributed by atoms with Crippen LogP contribution >= 0.6 is 0 Å². The maximum absolute atomic E-state index is 12.6. The predicted octanol–water partition coefficient (Wildman–Crippen LogP) is 1.82. The molecule has 1 aliphatic heterocycles. The van der Waals surface area contributed by atoms with Crippen molar-refractivity contribution in [2.45, 2.75) is 5.92 Å². The van der Waals surface area contributed by atoms with Crippen LogP contribution in [0.5, 0.6) is 0 Å². The van der Waals surface area contributed by atoms with Crippen LogP contribution in [-0.2, 0) is 0 Å². The molecule has 0 aromatic carbocycles. The Kier molecular flexibility index (Phi) is 2.46. The van der Waals surface area contributed by atoms with Gasteiger partial charge in [-0.25, -0.2) is 8.78 Å². The Hall–Kier alpha value is -1.78. The van der Waals surface area contributed by atoms with Crippen molar-refractivity contribution in [3.63, 3.8) is 0 Å². The standard InChI is InChI=1S/C11H10F2N2O/c1-2-8-3-9(5-14-4-8)10(16)15-6-11(12,13)7-15/h2-5H,1,6-7H2. The SMILES string of the molecule is C=Cc1cncc(C(=O)N2CC(F)(F)C2)c1. The van der Waals surface area contributed by atoms with E-state index in [9.17, 15) is 13.6 Å². The average molecular weight is 224 g/mol. The van der Waals surface area contributed by atoms with Gasteiger partial charge in [0.2, 0.25) is 0 Å². The van der Waals surface area contributed by atoms with Crippen molar-refractivity contribution in [2.75, 3.05) is 13.1 Å². The highest BCUT2D eigenvalue weighted by molar-refractivity contribution is 5.95. The van der Waals surface area contributed by atoms with Crippen molar-refractivity contribution >= 4 is 12.0 Å². The van der Waals surface area contributed by atoms with Gasteiger partial charge in [-0.15, -0.1) is 0 Å². The van der Waals surface area contributed by atoms with Crippen molar-refractivity contribution in [1.82, 2.24) is 9.88 Å². The molecule has 0 bridgehead atoms. The van der Waals surface area contributed by atoms with Crippen molar-refractivity contribution in [3.05, 3.63) is 36.2 Å². The molecular weight excluding hydrogens is 214 g/mol. The molecule has 5 heteroatoms. The Morgan fingerprint density at radius 2 is 2.19 bits per heavy atom. The summed E-state index contributed by atoms with van der Waals surface area (Å²) in [4.78, 5) is 16.6. The molecule has 1 aliphatic rings. The second-order valence-corrected chi connectivity index (χ2v) is 3.73. The quantitative estimate of drug-likeness (QED) is 0.767. The normalized spacial score (nSPS) is 17.8. The van der Waals surface area contributed by atoms with Gasteiger partial charge in [-0.2, -0.15) is 0 Å². The van der Waals surface area contributed by atoms with Crippen LogP contribution < -0.4 is 0 Å². The molecular formula is C11H10F2N2O. The number of likely N-dealkylation sites (tertiary alicyclic amines) is 1. The molecule has 84 valence electrons. The number of pyridine rings is 1. The van der Waals surface area contributed by atoms with Crippen molar-refractivity contribution < 1.29 is 13.6 Å². The number of nitrogens with zero attached hydrogens (tertiary/aromatic N) is 2. The third-order valence-corrected chi connectivity index (χ3v) is 2.37. The maximum Gasteiger partial charge on any atom is 0.282 e. The lowest BCUT2D eigenvalue weighted by atomic mass is 10.1. The monoisotopic (exact) mass is 224 g/mol. The first-order valence-corrected chi connectivity index (χ1v) is 4.76. The fraction of sp³-hybridized carbons (Fsp3) is 0.273. The Labute approximate surface area is 91.4 Å². The summed E-state index contributed by atoms with van der Waals surface area (Å²) in [6.07, 6.45) is 4.47. The summed E-state index contributed by atoms with van der Waals surface area (Å²) >= 11 is 0. The Bertz CT molecular complexity index is 437. The van der Waals surface area contributed by atoms with Crippen LogP contribution in [0.25, 0.3) is 6.08 Å². The van der Waals surface area contributed by atoms with Gasteiger partial charge in [-0.3, -0.25) is 9.78 Å². The van der Waals surface area contributed by atoms with E-state index in [1.165, 1.54) is 6.20 Å². The van der Waals surface area contributed by atoms with E-state index in [4.69, 9.17) is 0 Å². The minimum absolute atomic E-state index is 0.313. The van der Waals surface area contributed by atoms with Crippen LogP contribution in [0.2, 0.25) is 0 Å². The number of halogens is 2. The number of amides is 1. The lowest BCUT2D eigenvalue weighted by Gasteiger charge is -2.38. The van der Waals surface area contributed by atoms with E-state index in [0.29, 0.717) is 11.1 Å². The molecule has 1 amide bonds. The summed E-state index contributed by atoms with van der Waals surface area (Å²) in [6, 6.07) is 1.58. The summed E-state index contributed by atoms with van der Waals surface area (Å²) in [7, 11) is 0. The van der Waals surface area contributed by atoms with Crippen molar-refractivity contribution in [3.8, 4) is 0 Å². The molecule has 1 saturated heterocycles. The highest BCUT2D eigenvalue weighted by atomic mass is 19.3. The zero-order valence-electron chi connectivity index (χ0n) is 8.49. The van der Waals surface area contributed by atoms with Crippen LogP contribution in [0.4, 0.5) is 8.78 Å². The zero-order chi connectivity index (χ0) is 11.8. The van der Waals surface area contributed by atoms with E-state index in [1.807, 2.05) is 0 Å². The van der Waals surface area contributed by atoms with Gasteiger partial charge in [0.25, 0.3) is 11.8 Å². The Morgan fingerprint density at radius 1 is 1.50 bits per heavy atom. The molecule has 0 unspecified atom stereocenters. The van der Waals surface area contributed by atoms with Crippen LogP contribution in [-0.4, -0.2) is 34.8 Å². The van der Waals surface area contributed by atoms with Gasteiger partial charge in [-0.1, -0.05) is 12.7 Å². The van der Waals surface area contributed by atoms with E-state index in [-0.39, 0.29) is 0 Å². The van der Waals surface area contributed by atoms with Gasteiger partial charge in [0, 0.05) is 12.4 Å². The molecule has 0 saturated carbocycles. The second kappa shape index (κ2) is 3.66. The smallest absolute Gasteiger partial charge is 0.282 e. The number of aromatic nitrogens is 1. The molecule has 3 nitrogen and oxygen atoms in total. The highest BCUT2D eigenvalue weighted by Gasteiger charge is 2.46. The Balaban J connectivity index is 2.13. The van der Waals surface area contributed by atoms with E-state index in [1.54, 1.807) is 18.3 Å². The van der Waals surface area contributed by atoms with Gasteiger partial charge in [-0.05, 0) is 11.6 Å². The third kappa shape index (κ3) is 1.93. The van der Waals surface area contributed by atoms with Crippen LogP contribution in [0.15, 0.2) is 25.0 Å². The number of rotatable bonds is 2. The van der Waals surface area contributed by atoms with E-state index < -0.39 is 24.9 Å². The average Bonchev–Trinajstić information content (AvgIpc) is 2.25. The second-order valence-electron chi connectivity index (χ2n) is 3.73. The van der Waals surface area contributed by atoms with Gasteiger partial charge in [0.1, 0.15) is 0 Å². The first-order chi connectivity index (χ1) is 7.52. The van der Waals surface area contributed by atoms with Gasteiger partial charge in [0.05, 0.1) is 18.7 Å². The number of carbonyl (C=O) groups is 1. The van der Waals surface area contributed by atoms with E-state index in [2.05, 4.69) is 11.6 Å². The summed E-state index contributed by atoms with van der Waals surface area (Å²) in [6.45, 7) is 2.53. The van der Waals surface area contributed by atoms with E-state index >= 15 is 0 Å². The first kappa shape index (κ1) is 10.7. The van der Waals surface area contributed by atoms with E-state index in [0.717, 1.165) is 4.90 Å². The molecule has 16 heavy (non-hydrogen) atoms. The lowest BCUT2D eigenvalue weighted by Crippen LogP contribution is -2.58. The molecule has 0 atom stereocenters. The molecule has 0 aliphatic carbocycles. The zero-order valence-corrected chi connectivity index (χ0v) is 8.49. The predicted molar refractivity (Wildman–Crippen MR) is 55.2 cm³/mol. The number of carbonyl (C=O) groups excluding carboxylic acids is 1. The number of alkyl halides is 2. The summed E-state index contributed by atoms with van der Waals surface area (Å²) in [5.74, 6) is -3.15. The van der Waals surface area contributed by atoms with Crippen molar-refractivity contribution in [1.29, 1.82) is 0 Å². The minimum Gasteiger partial charge on any atom is -0.326 e. The topological polar surface area (TPSA) is 33.2 Å². The summed E-state index contributed by atoms with van der Waals surface area (Å²) in [5.41, 5.74) is 1.01. The molecule has 0 spiro atoms. The first-order valence-electron chi connectivity index (χ1n) is 4.76. The fourth-order valence-electron chi connectivity index (χ4n) is 1.52.